The number of hydrogen-bond donors (Lipinski definition) is 1. The molecule has 0 aromatic heterocycles. The minimum absolute atomic E-state index is 0.233. The standard InChI is InChI=1S/C11H14ClNO/c1-7(2)11(13)9-6-8(12)4-5-10(9)14-3/h4-6,11H,1,13H2,2-3H3. The van der Waals surface area contributed by atoms with E-state index in [4.69, 9.17) is 22.1 Å². The Balaban J connectivity index is 3.16. The van der Waals surface area contributed by atoms with Crippen molar-refractivity contribution in [2.75, 3.05) is 7.11 Å². The summed E-state index contributed by atoms with van der Waals surface area (Å²) in [4.78, 5) is 0. The summed E-state index contributed by atoms with van der Waals surface area (Å²) in [5.74, 6) is 0.741. The van der Waals surface area contributed by atoms with Gasteiger partial charge in [-0.3, -0.25) is 0 Å². The number of benzene rings is 1. The molecule has 0 aliphatic carbocycles. The first-order valence-electron chi connectivity index (χ1n) is 4.30. The first kappa shape index (κ1) is 11.1. The Labute approximate surface area is 89.3 Å². The minimum atomic E-state index is -0.233. The molecular weight excluding hydrogens is 198 g/mol. The quantitative estimate of drug-likeness (QED) is 0.781. The highest BCUT2D eigenvalue weighted by atomic mass is 35.5. The van der Waals surface area contributed by atoms with Crippen molar-refractivity contribution >= 4 is 11.6 Å². The lowest BCUT2D eigenvalue weighted by Crippen LogP contribution is -2.12. The topological polar surface area (TPSA) is 35.2 Å². The summed E-state index contributed by atoms with van der Waals surface area (Å²) in [6, 6.07) is 5.15. The fourth-order valence-electron chi connectivity index (χ4n) is 1.21. The van der Waals surface area contributed by atoms with E-state index in [0.29, 0.717) is 5.02 Å². The summed E-state index contributed by atoms with van der Waals surface area (Å²) in [7, 11) is 1.61. The summed E-state index contributed by atoms with van der Waals surface area (Å²) in [6.07, 6.45) is 0. The maximum Gasteiger partial charge on any atom is 0.124 e. The van der Waals surface area contributed by atoms with E-state index in [1.165, 1.54) is 0 Å². The SMILES string of the molecule is C=C(C)C(N)c1cc(Cl)ccc1OC. The fraction of sp³-hybridized carbons (Fsp3) is 0.273. The highest BCUT2D eigenvalue weighted by Gasteiger charge is 2.12. The third-order valence-electron chi connectivity index (χ3n) is 2.06. The van der Waals surface area contributed by atoms with E-state index in [-0.39, 0.29) is 6.04 Å². The van der Waals surface area contributed by atoms with Gasteiger partial charge in [0.15, 0.2) is 0 Å². The molecule has 0 radical (unpaired) electrons. The van der Waals surface area contributed by atoms with Crippen molar-refractivity contribution < 1.29 is 4.74 Å². The second-order valence-corrected chi connectivity index (χ2v) is 3.65. The largest absolute Gasteiger partial charge is 0.496 e. The van der Waals surface area contributed by atoms with Crippen LogP contribution in [-0.2, 0) is 0 Å². The predicted octanol–water partition coefficient (Wildman–Crippen LogP) is 2.92. The van der Waals surface area contributed by atoms with E-state index < -0.39 is 0 Å². The van der Waals surface area contributed by atoms with Crippen LogP contribution in [0.5, 0.6) is 5.75 Å². The predicted molar refractivity (Wildman–Crippen MR) is 59.7 cm³/mol. The molecule has 0 aliphatic rings. The summed E-state index contributed by atoms with van der Waals surface area (Å²) in [6.45, 7) is 5.69. The number of halogens is 1. The molecule has 1 unspecified atom stereocenters. The van der Waals surface area contributed by atoms with Crippen LogP contribution >= 0.6 is 11.6 Å². The Morgan fingerprint density at radius 3 is 2.71 bits per heavy atom. The van der Waals surface area contributed by atoms with Crippen molar-refractivity contribution in [3.05, 3.63) is 40.9 Å². The molecule has 76 valence electrons. The van der Waals surface area contributed by atoms with Gasteiger partial charge in [0.1, 0.15) is 5.75 Å². The van der Waals surface area contributed by atoms with Gasteiger partial charge in [-0.05, 0) is 25.1 Å². The fourth-order valence-corrected chi connectivity index (χ4v) is 1.39. The van der Waals surface area contributed by atoms with E-state index in [1.807, 2.05) is 6.92 Å². The Kier molecular flexibility index (Phi) is 3.55. The maximum atomic E-state index is 5.94. The van der Waals surface area contributed by atoms with Crippen molar-refractivity contribution in [2.45, 2.75) is 13.0 Å². The number of ether oxygens (including phenoxy) is 1. The third-order valence-corrected chi connectivity index (χ3v) is 2.29. The summed E-state index contributed by atoms with van der Waals surface area (Å²) in [5, 5.41) is 0.650. The van der Waals surface area contributed by atoms with Crippen LogP contribution in [0.4, 0.5) is 0 Å². The van der Waals surface area contributed by atoms with Gasteiger partial charge in [0.2, 0.25) is 0 Å². The highest BCUT2D eigenvalue weighted by Crippen LogP contribution is 2.29. The molecule has 2 N–H and O–H groups in total. The molecule has 0 spiro atoms. The molecule has 1 atom stereocenters. The first-order valence-corrected chi connectivity index (χ1v) is 4.68. The van der Waals surface area contributed by atoms with Gasteiger partial charge in [-0.2, -0.15) is 0 Å². The lowest BCUT2D eigenvalue weighted by atomic mass is 10.0. The van der Waals surface area contributed by atoms with Crippen LogP contribution in [0.3, 0.4) is 0 Å². The van der Waals surface area contributed by atoms with Crippen LogP contribution in [-0.4, -0.2) is 7.11 Å². The van der Waals surface area contributed by atoms with E-state index in [1.54, 1.807) is 25.3 Å². The molecule has 1 aromatic rings. The molecule has 0 bridgehead atoms. The zero-order valence-electron chi connectivity index (χ0n) is 8.38. The van der Waals surface area contributed by atoms with Crippen molar-refractivity contribution in [3.63, 3.8) is 0 Å². The average Bonchev–Trinajstić information content (AvgIpc) is 2.16. The molecule has 0 fully saturated rings. The van der Waals surface area contributed by atoms with Crippen LogP contribution in [0.2, 0.25) is 5.02 Å². The van der Waals surface area contributed by atoms with Gasteiger partial charge in [-0.25, -0.2) is 0 Å². The smallest absolute Gasteiger partial charge is 0.124 e. The van der Waals surface area contributed by atoms with Gasteiger partial charge in [-0.15, -0.1) is 0 Å². The number of methoxy groups -OCH3 is 1. The van der Waals surface area contributed by atoms with Gasteiger partial charge in [0.05, 0.1) is 13.2 Å². The van der Waals surface area contributed by atoms with E-state index in [0.717, 1.165) is 16.9 Å². The second kappa shape index (κ2) is 4.49. The number of hydrogen-bond acceptors (Lipinski definition) is 2. The molecule has 0 saturated carbocycles. The number of nitrogens with two attached hydrogens (primary N) is 1. The van der Waals surface area contributed by atoms with Crippen LogP contribution < -0.4 is 10.5 Å². The Bertz CT molecular complexity index is 349. The van der Waals surface area contributed by atoms with Crippen molar-refractivity contribution in [1.82, 2.24) is 0 Å². The maximum absolute atomic E-state index is 5.94. The molecule has 0 amide bonds. The molecule has 1 rings (SSSR count). The summed E-state index contributed by atoms with van der Waals surface area (Å²) >= 11 is 5.88. The van der Waals surface area contributed by atoms with Gasteiger partial charge in [0, 0.05) is 10.6 Å². The zero-order chi connectivity index (χ0) is 10.7. The lowest BCUT2D eigenvalue weighted by Gasteiger charge is -2.15. The number of rotatable bonds is 3. The van der Waals surface area contributed by atoms with Crippen LogP contribution in [0.25, 0.3) is 0 Å². The molecule has 1 aromatic carbocycles. The van der Waals surface area contributed by atoms with Crippen LogP contribution in [0.1, 0.15) is 18.5 Å². The van der Waals surface area contributed by atoms with Gasteiger partial charge < -0.3 is 10.5 Å². The Morgan fingerprint density at radius 2 is 2.21 bits per heavy atom. The molecule has 0 heterocycles. The highest BCUT2D eigenvalue weighted by molar-refractivity contribution is 6.30. The molecule has 3 heteroatoms. The van der Waals surface area contributed by atoms with Crippen LogP contribution in [0, 0.1) is 0 Å². The van der Waals surface area contributed by atoms with Crippen molar-refractivity contribution in [1.29, 1.82) is 0 Å². The summed E-state index contributed by atoms with van der Waals surface area (Å²) in [5.41, 5.74) is 7.69. The molecule has 0 aliphatic heterocycles. The molecular formula is C11H14ClNO. The van der Waals surface area contributed by atoms with Crippen LogP contribution in [0.15, 0.2) is 30.4 Å². The zero-order valence-corrected chi connectivity index (χ0v) is 9.14. The van der Waals surface area contributed by atoms with E-state index >= 15 is 0 Å². The van der Waals surface area contributed by atoms with E-state index in [2.05, 4.69) is 6.58 Å². The third kappa shape index (κ3) is 2.28. The monoisotopic (exact) mass is 211 g/mol. The average molecular weight is 212 g/mol. The molecule has 14 heavy (non-hydrogen) atoms. The van der Waals surface area contributed by atoms with E-state index in [9.17, 15) is 0 Å². The second-order valence-electron chi connectivity index (χ2n) is 3.21. The van der Waals surface area contributed by atoms with Crippen molar-refractivity contribution in [3.8, 4) is 5.75 Å². The first-order chi connectivity index (χ1) is 6.56. The van der Waals surface area contributed by atoms with Gasteiger partial charge >= 0.3 is 0 Å². The Hall–Kier alpha value is -0.990. The lowest BCUT2D eigenvalue weighted by molar-refractivity contribution is 0.407. The Morgan fingerprint density at radius 1 is 1.57 bits per heavy atom. The van der Waals surface area contributed by atoms with Gasteiger partial charge in [-0.1, -0.05) is 23.8 Å². The normalized spacial score (nSPS) is 12.3. The molecule has 2 nitrogen and oxygen atoms in total. The minimum Gasteiger partial charge on any atom is -0.496 e. The summed E-state index contributed by atoms with van der Waals surface area (Å²) < 4.78 is 5.19. The van der Waals surface area contributed by atoms with Crippen molar-refractivity contribution in [2.24, 2.45) is 5.73 Å². The molecule has 0 saturated heterocycles. The van der Waals surface area contributed by atoms with Gasteiger partial charge in [0.25, 0.3) is 0 Å².